The Bertz CT molecular complexity index is 876. The summed E-state index contributed by atoms with van der Waals surface area (Å²) in [5.74, 6) is 6.22. The van der Waals surface area contributed by atoms with Gasteiger partial charge in [0.05, 0.1) is 11.9 Å². The molecule has 0 saturated heterocycles. The molecule has 1 aromatic heterocycles. The van der Waals surface area contributed by atoms with Crippen LogP contribution in [0.25, 0.3) is 11.3 Å². The number of nitrogens with zero attached hydrogens (tertiary/aromatic N) is 3. The highest BCUT2D eigenvalue weighted by Gasteiger charge is 2.27. The Labute approximate surface area is 164 Å². The summed E-state index contributed by atoms with van der Waals surface area (Å²) in [6.07, 6.45) is 1.79. The summed E-state index contributed by atoms with van der Waals surface area (Å²) in [5.41, 5.74) is 2.74. The van der Waals surface area contributed by atoms with Gasteiger partial charge in [0.1, 0.15) is 5.25 Å². The summed E-state index contributed by atoms with van der Waals surface area (Å²) in [7, 11) is 0. The maximum Gasteiger partial charge on any atom is 0.240 e. The molecule has 27 heavy (non-hydrogen) atoms. The molecular formula is C21H24N4OS. The van der Waals surface area contributed by atoms with Gasteiger partial charge in [0, 0.05) is 18.7 Å². The van der Waals surface area contributed by atoms with Crippen molar-refractivity contribution < 1.29 is 4.79 Å². The minimum atomic E-state index is -0.389. The number of carbonyl (C=O) groups is 1. The number of likely N-dealkylation sites (N-methyl/N-ethyl adjacent to an activating group) is 1. The van der Waals surface area contributed by atoms with E-state index in [4.69, 9.17) is 5.84 Å². The maximum absolute atomic E-state index is 13.1. The van der Waals surface area contributed by atoms with Gasteiger partial charge in [0.25, 0.3) is 0 Å². The van der Waals surface area contributed by atoms with Gasteiger partial charge in [-0.25, -0.2) is 9.66 Å². The zero-order chi connectivity index (χ0) is 19.2. The van der Waals surface area contributed by atoms with Crippen LogP contribution in [-0.4, -0.2) is 33.6 Å². The molecule has 3 aromatic rings. The van der Waals surface area contributed by atoms with Crippen molar-refractivity contribution in [1.29, 1.82) is 0 Å². The quantitative estimate of drug-likeness (QED) is 0.498. The van der Waals surface area contributed by atoms with E-state index in [-0.39, 0.29) is 11.2 Å². The molecule has 5 nitrogen and oxygen atoms in total. The third-order valence-corrected chi connectivity index (χ3v) is 5.62. The smallest absolute Gasteiger partial charge is 0.240 e. The molecule has 0 spiro atoms. The Hall–Kier alpha value is -2.73. The van der Waals surface area contributed by atoms with Crippen LogP contribution in [-0.2, 0) is 4.79 Å². The van der Waals surface area contributed by atoms with Crippen molar-refractivity contribution in [1.82, 2.24) is 14.6 Å². The lowest BCUT2D eigenvalue weighted by molar-refractivity contribution is -0.130. The number of benzene rings is 2. The number of imidazole rings is 1. The predicted molar refractivity (Wildman–Crippen MR) is 111 cm³/mol. The molecule has 0 bridgehead atoms. The van der Waals surface area contributed by atoms with Gasteiger partial charge in [-0.15, -0.1) is 0 Å². The Morgan fingerprint density at radius 3 is 2.26 bits per heavy atom. The second kappa shape index (κ2) is 8.77. The van der Waals surface area contributed by atoms with Gasteiger partial charge in [-0.05, 0) is 19.4 Å². The molecule has 0 saturated carbocycles. The Balaban J connectivity index is 1.93. The average Bonchev–Trinajstić information content (AvgIpc) is 3.08. The second-order valence-corrected chi connectivity index (χ2v) is 7.17. The SMILES string of the molecule is CCN(CC)C(=O)C(Sc1nc(-c2ccccc2)cn1N)c1ccccc1. The van der Waals surface area contributed by atoms with E-state index < -0.39 is 0 Å². The molecule has 1 heterocycles. The van der Waals surface area contributed by atoms with Gasteiger partial charge in [-0.1, -0.05) is 72.4 Å². The second-order valence-electron chi connectivity index (χ2n) is 6.10. The average molecular weight is 381 g/mol. The minimum absolute atomic E-state index is 0.0699. The Morgan fingerprint density at radius 2 is 1.67 bits per heavy atom. The first-order chi connectivity index (χ1) is 13.1. The number of nitrogens with two attached hydrogens (primary N) is 1. The summed E-state index contributed by atoms with van der Waals surface area (Å²) >= 11 is 1.39. The number of thioether (sulfide) groups is 1. The van der Waals surface area contributed by atoms with E-state index in [1.807, 2.05) is 79.4 Å². The van der Waals surface area contributed by atoms with Crippen molar-refractivity contribution >= 4 is 17.7 Å². The van der Waals surface area contributed by atoms with Gasteiger partial charge < -0.3 is 10.7 Å². The van der Waals surface area contributed by atoms with Crippen LogP contribution in [0.2, 0.25) is 0 Å². The third kappa shape index (κ3) is 4.34. The fourth-order valence-electron chi connectivity index (χ4n) is 2.91. The summed E-state index contributed by atoms with van der Waals surface area (Å²) in [6.45, 7) is 5.33. The zero-order valence-electron chi connectivity index (χ0n) is 15.6. The normalized spacial score (nSPS) is 11.9. The first-order valence-corrected chi connectivity index (χ1v) is 9.92. The summed E-state index contributed by atoms with van der Waals surface area (Å²) < 4.78 is 1.50. The van der Waals surface area contributed by atoms with E-state index in [1.165, 1.54) is 16.4 Å². The lowest BCUT2D eigenvalue weighted by Crippen LogP contribution is -2.34. The lowest BCUT2D eigenvalue weighted by atomic mass is 10.1. The molecule has 2 aromatic carbocycles. The molecule has 3 rings (SSSR count). The minimum Gasteiger partial charge on any atom is -0.342 e. The molecule has 0 aliphatic rings. The highest BCUT2D eigenvalue weighted by molar-refractivity contribution is 8.00. The number of rotatable bonds is 7. The van der Waals surface area contributed by atoms with Crippen LogP contribution in [0.5, 0.6) is 0 Å². The molecule has 0 aliphatic carbocycles. The lowest BCUT2D eigenvalue weighted by Gasteiger charge is -2.24. The van der Waals surface area contributed by atoms with Crippen molar-refractivity contribution in [3.05, 3.63) is 72.4 Å². The van der Waals surface area contributed by atoms with Crippen molar-refractivity contribution in [3.63, 3.8) is 0 Å². The van der Waals surface area contributed by atoms with E-state index in [1.54, 1.807) is 6.20 Å². The van der Waals surface area contributed by atoms with Gasteiger partial charge >= 0.3 is 0 Å². The number of nitrogen functional groups attached to an aromatic ring is 1. The van der Waals surface area contributed by atoms with Gasteiger partial charge in [-0.3, -0.25) is 4.79 Å². The van der Waals surface area contributed by atoms with Crippen LogP contribution in [0, 0.1) is 0 Å². The molecular weight excluding hydrogens is 356 g/mol. The number of hydrogen-bond donors (Lipinski definition) is 1. The Morgan fingerprint density at radius 1 is 1.07 bits per heavy atom. The fraction of sp³-hybridized carbons (Fsp3) is 0.238. The molecule has 140 valence electrons. The summed E-state index contributed by atoms with van der Waals surface area (Å²) in [5, 5.41) is 0.225. The number of amides is 1. The molecule has 1 amide bonds. The van der Waals surface area contributed by atoms with Gasteiger partial charge in [-0.2, -0.15) is 0 Å². The van der Waals surface area contributed by atoms with E-state index in [9.17, 15) is 4.79 Å². The van der Waals surface area contributed by atoms with E-state index in [0.717, 1.165) is 16.8 Å². The fourth-order valence-corrected chi connectivity index (χ4v) is 3.99. The highest BCUT2D eigenvalue weighted by atomic mass is 32.2. The zero-order valence-corrected chi connectivity index (χ0v) is 16.4. The van der Waals surface area contributed by atoms with E-state index in [2.05, 4.69) is 4.98 Å². The predicted octanol–water partition coefficient (Wildman–Crippen LogP) is 3.97. The molecule has 0 radical (unpaired) electrons. The first kappa shape index (κ1) is 19.0. The van der Waals surface area contributed by atoms with Crippen LogP contribution < -0.4 is 5.84 Å². The van der Waals surface area contributed by atoms with Gasteiger partial charge in [0.15, 0.2) is 5.16 Å². The monoisotopic (exact) mass is 380 g/mol. The molecule has 0 fully saturated rings. The molecule has 0 aliphatic heterocycles. The van der Waals surface area contributed by atoms with Crippen LogP contribution >= 0.6 is 11.8 Å². The van der Waals surface area contributed by atoms with Crippen molar-refractivity contribution in [2.45, 2.75) is 24.3 Å². The molecule has 2 N–H and O–H groups in total. The molecule has 1 unspecified atom stereocenters. The third-order valence-electron chi connectivity index (χ3n) is 4.39. The van der Waals surface area contributed by atoms with Crippen LogP contribution in [0.3, 0.4) is 0 Å². The van der Waals surface area contributed by atoms with Crippen molar-refractivity contribution in [2.24, 2.45) is 0 Å². The van der Waals surface area contributed by atoms with Crippen LogP contribution in [0.1, 0.15) is 24.7 Å². The molecule has 1 atom stereocenters. The molecule has 6 heteroatoms. The standard InChI is InChI=1S/C21H24N4OS/c1-3-24(4-2)20(26)19(17-13-9-6-10-14-17)27-21-23-18(15-25(21)22)16-11-7-5-8-12-16/h5-15,19H,3-4,22H2,1-2H3. The number of hydrogen-bond acceptors (Lipinski definition) is 4. The van der Waals surface area contributed by atoms with Crippen molar-refractivity contribution in [2.75, 3.05) is 18.9 Å². The number of carbonyl (C=O) groups excluding carboxylic acids is 1. The van der Waals surface area contributed by atoms with Crippen LogP contribution in [0.4, 0.5) is 0 Å². The first-order valence-electron chi connectivity index (χ1n) is 9.04. The summed E-state index contributed by atoms with van der Waals surface area (Å²) in [6, 6.07) is 19.7. The van der Waals surface area contributed by atoms with Gasteiger partial charge in [0.2, 0.25) is 5.91 Å². The largest absolute Gasteiger partial charge is 0.342 e. The Kier molecular flexibility index (Phi) is 6.19. The van der Waals surface area contributed by atoms with Crippen molar-refractivity contribution in [3.8, 4) is 11.3 Å². The summed E-state index contributed by atoms with van der Waals surface area (Å²) in [4.78, 5) is 19.6. The topological polar surface area (TPSA) is 64.2 Å². The van der Waals surface area contributed by atoms with E-state index in [0.29, 0.717) is 18.2 Å². The van der Waals surface area contributed by atoms with Crippen LogP contribution in [0.15, 0.2) is 72.0 Å². The maximum atomic E-state index is 13.1. The highest BCUT2D eigenvalue weighted by Crippen LogP contribution is 2.36. The van der Waals surface area contributed by atoms with E-state index >= 15 is 0 Å². The number of aromatic nitrogens is 2.